The normalized spacial score (nSPS) is 10.4. The highest BCUT2D eigenvalue weighted by atomic mass is 16.5. The average molecular weight is 263 g/mol. The van der Waals surface area contributed by atoms with Crippen molar-refractivity contribution in [1.29, 1.82) is 0 Å². The lowest BCUT2D eigenvalue weighted by Crippen LogP contribution is -2.14. The molecule has 0 aromatic heterocycles. The molecule has 2 N–H and O–H groups in total. The molecule has 1 aromatic rings. The van der Waals surface area contributed by atoms with Crippen molar-refractivity contribution in [2.24, 2.45) is 0 Å². The number of aliphatic hydroxyl groups is 1. The highest BCUT2D eigenvalue weighted by molar-refractivity contribution is 5.27. The Kier molecular flexibility index (Phi) is 8.77. The summed E-state index contributed by atoms with van der Waals surface area (Å²) in [5, 5.41) is 12.1. The van der Waals surface area contributed by atoms with Crippen molar-refractivity contribution in [3.8, 4) is 5.75 Å². The van der Waals surface area contributed by atoms with Crippen molar-refractivity contribution in [3.05, 3.63) is 42.5 Å². The number of aliphatic hydroxyl groups excluding tert-OH is 1. The van der Waals surface area contributed by atoms with Crippen molar-refractivity contribution < 1.29 is 9.84 Å². The van der Waals surface area contributed by atoms with Gasteiger partial charge in [0.25, 0.3) is 0 Å². The second kappa shape index (κ2) is 10.6. The van der Waals surface area contributed by atoms with E-state index in [-0.39, 0.29) is 0 Å². The molecule has 1 aromatic carbocycles. The number of benzene rings is 1. The molecule has 0 saturated carbocycles. The lowest BCUT2D eigenvalue weighted by atomic mass is 10.2. The van der Waals surface area contributed by atoms with E-state index in [0.29, 0.717) is 13.2 Å². The van der Waals surface area contributed by atoms with Crippen LogP contribution in [-0.4, -0.2) is 24.9 Å². The number of hydrogen-bond donors (Lipinski definition) is 2. The number of nitrogens with one attached hydrogen (secondary N) is 1. The molecule has 3 heteroatoms. The maximum Gasteiger partial charge on any atom is 0.119 e. The van der Waals surface area contributed by atoms with Gasteiger partial charge in [0.05, 0.1) is 0 Å². The summed E-state index contributed by atoms with van der Waals surface area (Å²) in [6, 6.07) is 8.14. The van der Waals surface area contributed by atoms with Crippen LogP contribution in [0.15, 0.2) is 36.9 Å². The van der Waals surface area contributed by atoms with Gasteiger partial charge in [0.2, 0.25) is 0 Å². The van der Waals surface area contributed by atoms with Crippen LogP contribution in [0.25, 0.3) is 0 Å². The summed E-state index contributed by atoms with van der Waals surface area (Å²) in [7, 11) is 0. The molecule has 0 fully saturated rings. The summed E-state index contributed by atoms with van der Waals surface area (Å²) < 4.78 is 5.43. The van der Waals surface area contributed by atoms with E-state index in [1.807, 2.05) is 12.1 Å². The van der Waals surface area contributed by atoms with Crippen LogP contribution in [0.3, 0.4) is 0 Å². The first-order chi connectivity index (χ1) is 9.36. The van der Waals surface area contributed by atoms with Crippen molar-refractivity contribution in [2.75, 3.05) is 19.8 Å². The monoisotopic (exact) mass is 263 g/mol. The Morgan fingerprint density at radius 1 is 1.11 bits per heavy atom. The molecule has 3 nitrogen and oxygen atoms in total. The third-order valence-electron chi connectivity index (χ3n) is 2.88. The smallest absolute Gasteiger partial charge is 0.119 e. The highest BCUT2D eigenvalue weighted by Crippen LogP contribution is 2.12. The Bertz CT molecular complexity index is 335. The summed E-state index contributed by atoms with van der Waals surface area (Å²) >= 11 is 0. The van der Waals surface area contributed by atoms with Gasteiger partial charge in [0.15, 0.2) is 0 Å². The van der Waals surface area contributed by atoms with Gasteiger partial charge in [-0.15, -0.1) is 0 Å². The minimum absolute atomic E-state index is 0.313. The summed E-state index contributed by atoms with van der Waals surface area (Å²) in [6.07, 6.45) is 6.13. The van der Waals surface area contributed by atoms with Crippen molar-refractivity contribution in [2.45, 2.75) is 32.2 Å². The summed E-state index contributed by atoms with van der Waals surface area (Å²) in [4.78, 5) is 0. The van der Waals surface area contributed by atoms with Crippen LogP contribution in [0.2, 0.25) is 0 Å². The second-order valence-electron chi connectivity index (χ2n) is 4.56. The fourth-order valence-electron chi connectivity index (χ4n) is 1.81. The van der Waals surface area contributed by atoms with Crippen LogP contribution in [0, 0.1) is 0 Å². The molecule has 0 aliphatic carbocycles. The van der Waals surface area contributed by atoms with Crippen LogP contribution in [0.5, 0.6) is 5.75 Å². The summed E-state index contributed by atoms with van der Waals surface area (Å²) in [6.45, 7) is 6.40. The van der Waals surface area contributed by atoms with E-state index in [1.54, 1.807) is 6.08 Å². The molecule has 19 heavy (non-hydrogen) atoms. The Balaban J connectivity index is 2.10. The van der Waals surface area contributed by atoms with Gasteiger partial charge in [-0.1, -0.05) is 37.6 Å². The summed E-state index contributed by atoms with van der Waals surface area (Å²) in [5.74, 6) is 0.882. The summed E-state index contributed by atoms with van der Waals surface area (Å²) in [5.41, 5.74) is 1.27. The molecule has 0 heterocycles. The van der Waals surface area contributed by atoms with E-state index < -0.39 is 0 Å². The van der Waals surface area contributed by atoms with Crippen LogP contribution in [0.1, 0.15) is 31.2 Å². The molecule has 0 saturated heterocycles. The van der Waals surface area contributed by atoms with Crippen molar-refractivity contribution in [1.82, 2.24) is 5.32 Å². The minimum atomic E-state index is 0.313. The van der Waals surface area contributed by atoms with E-state index >= 15 is 0 Å². The Hall–Kier alpha value is -1.32. The van der Waals surface area contributed by atoms with Gasteiger partial charge in [-0.3, -0.25) is 0 Å². The zero-order chi connectivity index (χ0) is 13.8. The molecule has 0 atom stereocenters. The number of unbranched alkanes of at least 4 members (excludes halogenated alkanes) is 3. The predicted octanol–water partition coefficient (Wildman–Crippen LogP) is 2.89. The van der Waals surface area contributed by atoms with Gasteiger partial charge in [0, 0.05) is 13.2 Å². The highest BCUT2D eigenvalue weighted by Gasteiger charge is 1.95. The van der Waals surface area contributed by atoms with Crippen LogP contribution in [-0.2, 0) is 6.54 Å². The number of rotatable bonds is 11. The maximum absolute atomic E-state index is 8.66. The minimum Gasteiger partial charge on any atom is -0.490 e. The Morgan fingerprint density at radius 3 is 2.53 bits per heavy atom. The molecule has 0 spiro atoms. The second-order valence-corrected chi connectivity index (χ2v) is 4.56. The molecule has 0 bridgehead atoms. The van der Waals surface area contributed by atoms with Crippen molar-refractivity contribution in [3.63, 3.8) is 0 Å². The van der Waals surface area contributed by atoms with E-state index in [4.69, 9.17) is 9.84 Å². The van der Waals surface area contributed by atoms with Gasteiger partial charge in [-0.05, 0) is 37.1 Å². The van der Waals surface area contributed by atoms with Gasteiger partial charge in [-0.2, -0.15) is 0 Å². The zero-order valence-corrected chi connectivity index (χ0v) is 11.6. The fourth-order valence-corrected chi connectivity index (χ4v) is 1.81. The van der Waals surface area contributed by atoms with E-state index in [9.17, 15) is 0 Å². The van der Waals surface area contributed by atoms with E-state index in [2.05, 4.69) is 24.0 Å². The van der Waals surface area contributed by atoms with Gasteiger partial charge >= 0.3 is 0 Å². The van der Waals surface area contributed by atoms with Crippen molar-refractivity contribution >= 4 is 0 Å². The largest absolute Gasteiger partial charge is 0.490 e. The molecular weight excluding hydrogens is 238 g/mol. The molecule has 0 aliphatic heterocycles. The lowest BCUT2D eigenvalue weighted by molar-refractivity contribution is 0.282. The molecule has 1 rings (SSSR count). The first-order valence-electron chi connectivity index (χ1n) is 7.01. The fraction of sp³-hybridized carbons (Fsp3) is 0.500. The maximum atomic E-state index is 8.66. The number of hydrogen-bond acceptors (Lipinski definition) is 3. The molecule has 106 valence electrons. The molecular formula is C16H25NO2. The van der Waals surface area contributed by atoms with Gasteiger partial charge < -0.3 is 15.2 Å². The Labute approximate surface area is 116 Å². The third kappa shape index (κ3) is 7.65. The topological polar surface area (TPSA) is 41.5 Å². The quantitative estimate of drug-likeness (QED) is 0.476. The van der Waals surface area contributed by atoms with Crippen LogP contribution >= 0.6 is 0 Å². The van der Waals surface area contributed by atoms with Gasteiger partial charge in [-0.25, -0.2) is 0 Å². The van der Waals surface area contributed by atoms with Gasteiger partial charge in [0.1, 0.15) is 12.4 Å². The standard InChI is InChI=1S/C16H25NO2/c1-2-13-19-16-9-7-15(8-10-16)14-17-11-5-3-4-6-12-18/h2,7-10,17-18H,1,3-6,11-14H2. The first-order valence-corrected chi connectivity index (χ1v) is 7.01. The van der Waals surface area contributed by atoms with E-state index in [1.165, 1.54) is 18.4 Å². The molecule has 0 aliphatic rings. The predicted molar refractivity (Wildman–Crippen MR) is 79.4 cm³/mol. The molecule has 0 unspecified atom stereocenters. The Morgan fingerprint density at radius 2 is 1.84 bits per heavy atom. The first kappa shape index (κ1) is 15.7. The van der Waals surface area contributed by atoms with Crippen LogP contribution in [0.4, 0.5) is 0 Å². The van der Waals surface area contributed by atoms with Crippen LogP contribution < -0.4 is 10.1 Å². The third-order valence-corrected chi connectivity index (χ3v) is 2.88. The average Bonchev–Trinajstić information content (AvgIpc) is 2.45. The molecule has 0 radical (unpaired) electrons. The lowest BCUT2D eigenvalue weighted by Gasteiger charge is -2.07. The SMILES string of the molecule is C=CCOc1ccc(CNCCCCCCO)cc1. The zero-order valence-electron chi connectivity index (χ0n) is 11.6. The number of ether oxygens (including phenoxy) is 1. The molecule has 0 amide bonds. The van der Waals surface area contributed by atoms with E-state index in [0.717, 1.165) is 31.7 Å².